The zero-order chi connectivity index (χ0) is 23.9. The minimum Gasteiger partial charge on any atom is -0.339 e. The first kappa shape index (κ1) is 23.4. The summed E-state index contributed by atoms with van der Waals surface area (Å²) in [5.74, 6) is -0.0699. The molecule has 1 aliphatic heterocycles. The van der Waals surface area contributed by atoms with Crippen LogP contribution in [0.15, 0.2) is 36.5 Å². The standard InChI is InChI=1S/C24H31N5O3S/c1-16(2)29-23-21(15-25-29)20(14-22(26-23)18-8-6-17(3)7-9-18)24(30)28-12-10-19(11-13-28)27(4)33(5,31)32/h6-9,14-16,19H,10-13H2,1-5H3. The first-order chi connectivity index (χ1) is 15.6. The van der Waals surface area contributed by atoms with Gasteiger partial charge in [0.25, 0.3) is 5.91 Å². The molecule has 0 aliphatic carbocycles. The van der Waals surface area contributed by atoms with Crippen LogP contribution in [0.2, 0.25) is 0 Å². The number of pyridine rings is 1. The van der Waals surface area contributed by atoms with Gasteiger partial charge in [-0.2, -0.15) is 5.10 Å². The van der Waals surface area contributed by atoms with Gasteiger partial charge in [-0.3, -0.25) is 4.79 Å². The van der Waals surface area contributed by atoms with E-state index < -0.39 is 10.0 Å². The lowest BCUT2D eigenvalue weighted by atomic mass is 10.0. The van der Waals surface area contributed by atoms with E-state index in [1.54, 1.807) is 13.2 Å². The maximum atomic E-state index is 13.6. The van der Waals surface area contributed by atoms with E-state index in [9.17, 15) is 13.2 Å². The van der Waals surface area contributed by atoms with Gasteiger partial charge in [0.2, 0.25) is 10.0 Å². The highest BCUT2D eigenvalue weighted by Crippen LogP contribution is 2.28. The highest BCUT2D eigenvalue weighted by molar-refractivity contribution is 7.88. The molecule has 0 atom stereocenters. The van der Waals surface area contributed by atoms with E-state index in [1.807, 2.05) is 60.7 Å². The average Bonchev–Trinajstić information content (AvgIpc) is 3.22. The Kier molecular flexibility index (Phi) is 6.28. The summed E-state index contributed by atoms with van der Waals surface area (Å²) in [5.41, 5.74) is 4.11. The van der Waals surface area contributed by atoms with Gasteiger partial charge >= 0.3 is 0 Å². The Labute approximate surface area is 195 Å². The average molecular weight is 470 g/mol. The lowest BCUT2D eigenvalue weighted by molar-refractivity contribution is 0.0688. The molecule has 1 saturated heterocycles. The second-order valence-corrected chi connectivity index (χ2v) is 11.2. The van der Waals surface area contributed by atoms with Crippen molar-refractivity contribution in [3.05, 3.63) is 47.7 Å². The monoisotopic (exact) mass is 469 g/mol. The highest BCUT2D eigenvalue weighted by atomic mass is 32.2. The number of benzene rings is 1. The number of hydrogen-bond donors (Lipinski definition) is 0. The van der Waals surface area contributed by atoms with Crippen LogP contribution in [-0.2, 0) is 10.0 Å². The predicted molar refractivity (Wildman–Crippen MR) is 130 cm³/mol. The van der Waals surface area contributed by atoms with Crippen molar-refractivity contribution in [1.29, 1.82) is 0 Å². The van der Waals surface area contributed by atoms with Gasteiger partial charge in [0.15, 0.2) is 5.65 Å². The Morgan fingerprint density at radius 3 is 2.36 bits per heavy atom. The Morgan fingerprint density at radius 1 is 1.15 bits per heavy atom. The summed E-state index contributed by atoms with van der Waals surface area (Å²) in [7, 11) is -1.65. The number of piperidine rings is 1. The van der Waals surface area contributed by atoms with E-state index in [4.69, 9.17) is 4.98 Å². The number of likely N-dealkylation sites (tertiary alicyclic amines) is 1. The van der Waals surface area contributed by atoms with Crippen LogP contribution in [0.3, 0.4) is 0 Å². The molecule has 9 heteroatoms. The molecule has 0 unspecified atom stereocenters. The van der Waals surface area contributed by atoms with Gasteiger partial charge in [-0.15, -0.1) is 0 Å². The third kappa shape index (κ3) is 4.65. The third-order valence-electron chi connectivity index (χ3n) is 6.42. The number of hydrogen-bond acceptors (Lipinski definition) is 5. The number of sulfonamides is 1. The molecule has 4 rings (SSSR count). The molecule has 0 radical (unpaired) electrons. The molecule has 8 nitrogen and oxygen atoms in total. The Bertz CT molecular complexity index is 1270. The Balaban J connectivity index is 1.69. The van der Waals surface area contributed by atoms with E-state index >= 15 is 0 Å². The Morgan fingerprint density at radius 2 is 1.79 bits per heavy atom. The smallest absolute Gasteiger partial charge is 0.254 e. The van der Waals surface area contributed by atoms with E-state index in [-0.39, 0.29) is 18.0 Å². The van der Waals surface area contributed by atoms with Crippen molar-refractivity contribution in [2.24, 2.45) is 0 Å². The van der Waals surface area contributed by atoms with Crippen LogP contribution in [0.5, 0.6) is 0 Å². The predicted octanol–water partition coefficient (Wildman–Crippen LogP) is 3.48. The SMILES string of the molecule is Cc1ccc(-c2cc(C(=O)N3CCC(N(C)S(C)(=O)=O)CC3)c3cnn(C(C)C)c3n2)cc1. The maximum Gasteiger partial charge on any atom is 0.254 e. The second kappa shape index (κ2) is 8.87. The van der Waals surface area contributed by atoms with Crippen molar-refractivity contribution >= 4 is 27.0 Å². The minimum atomic E-state index is -3.26. The molecule has 1 aliphatic rings. The van der Waals surface area contributed by atoms with Gasteiger partial charge in [-0.25, -0.2) is 22.4 Å². The van der Waals surface area contributed by atoms with Gasteiger partial charge in [0.1, 0.15) is 0 Å². The zero-order valence-corrected chi connectivity index (χ0v) is 20.6. The summed E-state index contributed by atoms with van der Waals surface area (Å²) in [6, 6.07) is 9.97. The van der Waals surface area contributed by atoms with Crippen LogP contribution >= 0.6 is 0 Å². The van der Waals surface area contributed by atoms with Crippen molar-refractivity contribution in [3.8, 4) is 11.3 Å². The zero-order valence-electron chi connectivity index (χ0n) is 19.8. The van der Waals surface area contributed by atoms with Crippen molar-refractivity contribution in [3.63, 3.8) is 0 Å². The van der Waals surface area contributed by atoms with E-state index in [0.29, 0.717) is 37.1 Å². The summed E-state index contributed by atoms with van der Waals surface area (Å²) >= 11 is 0. The molecule has 1 amide bonds. The van der Waals surface area contributed by atoms with Gasteiger partial charge in [-0.05, 0) is 39.7 Å². The molecule has 3 heterocycles. The second-order valence-electron chi connectivity index (χ2n) is 9.14. The number of fused-ring (bicyclic) bond motifs is 1. The van der Waals surface area contributed by atoms with Crippen molar-refractivity contribution in [2.75, 3.05) is 26.4 Å². The molecule has 0 N–H and O–H groups in total. The van der Waals surface area contributed by atoms with E-state index in [2.05, 4.69) is 5.10 Å². The van der Waals surface area contributed by atoms with Gasteiger partial charge in [0, 0.05) is 37.8 Å². The molecule has 0 bridgehead atoms. The quantitative estimate of drug-likeness (QED) is 0.571. The fourth-order valence-electron chi connectivity index (χ4n) is 4.32. The van der Waals surface area contributed by atoms with Crippen LogP contribution in [0.1, 0.15) is 48.7 Å². The number of rotatable bonds is 5. The number of carbonyl (C=O) groups is 1. The fourth-order valence-corrected chi connectivity index (χ4v) is 5.07. The Hall–Kier alpha value is -2.78. The highest BCUT2D eigenvalue weighted by Gasteiger charge is 2.30. The van der Waals surface area contributed by atoms with Crippen molar-refractivity contribution in [1.82, 2.24) is 24.0 Å². The topological polar surface area (TPSA) is 88.4 Å². The molecular weight excluding hydrogens is 438 g/mol. The summed E-state index contributed by atoms with van der Waals surface area (Å²) in [5, 5.41) is 5.24. The first-order valence-corrected chi connectivity index (χ1v) is 13.1. The molecular formula is C24H31N5O3S. The molecule has 3 aromatic rings. The van der Waals surface area contributed by atoms with E-state index in [0.717, 1.165) is 22.2 Å². The minimum absolute atomic E-state index is 0.0699. The van der Waals surface area contributed by atoms with Crippen molar-refractivity contribution < 1.29 is 13.2 Å². The summed E-state index contributed by atoms with van der Waals surface area (Å²) in [6.07, 6.45) is 4.16. The molecule has 1 aromatic carbocycles. The van der Waals surface area contributed by atoms with E-state index in [1.165, 1.54) is 10.6 Å². The van der Waals surface area contributed by atoms with Gasteiger partial charge in [-0.1, -0.05) is 29.8 Å². The molecule has 0 spiro atoms. The van der Waals surface area contributed by atoms with Gasteiger partial charge in [0.05, 0.1) is 29.1 Å². The normalized spacial score (nSPS) is 15.7. The summed E-state index contributed by atoms with van der Waals surface area (Å²) in [4.78, 5) is 20.3. The van der Waals surface area contributed by atoms with Crippen LogP contribution in [0.4, 0.5) is 0 Å². The number of aromatic nitrogens is 3. The van der Waals surface area contributed by atoms with Crippen LogP contribution in [0, 0.1) is 6.92 Å². The summed E-state index contributed by atoms with van der Waals surface area (Å²) in [6.45, 7) is 7.12. The number of aryl methyl sites for hydroxylation is 1. The maximum absolute atomic E-state index is 13.6. The first-order valence-electron chi connectivity index (χ1n) is 11.2. The number of amides is 1. The number of carbonyl (C=O) groups excluding carboxylic acids is 1. The lowest BCUT2D eigenvalue weighted by Crippen LogP contribution is -2.47. The van der Waals surface area contributed by atoms with Gasteiger partial charge < -0.3 is 4.90 Å². The third-order valence-corrected chi connectivity index (χ3v) is 7.77. The largest absolute Gasteiger partial charge is 0.339 e. The lowest BCUT2D eigenvalue weighted by Gasteiger charge is -2.35. The molecule has 1 fully saturated rings. The fraction of sp³-hybridized carbons (Fsp3) is 0.458. The molecule has 33 heavy (non-hydrogen) atoms. The molecule has 0 saturated carbocycles. The molecule has 176 valence electrons. The van der Waals surface area contributed by atoms with Crippen LogP contribution in [-0.4, -0.2) is 70.7 Å². The molecule has 2 aromatic heterocycles. The van der Waals surface area contributed by atoms with Crippen LogP contribution in [0.25, 0.3) is 22.3 Å². The number of nitrogens with zero attached hydrogens (tertiary/aromatic N) is 5. The summed E-state index contributed by atoms with van der Waals surface area (Å²) < 4.78 is 27.0. The van der Waals surface area contributed by atoms with Crippen LogP contribution < -0.4 is 0 Å². The van der Waals surface area contributed by atoms with Crippen molar-refractivity contribution in [2.45, 2.75) is 45.7 Å².